The molecule has 268 valence electrons. The van der Waals surface area contributed by atoms with Crippen LogP contribution in [0.15, 0.2) is 185 Å². The number of allylic oxidation sites excluding steroid dienone is 14. The van der Waals surface area contributed by atoms with E-state index in [2.05, 4.69) is 161 Å². The number of hydrogen-bond donors (Lipinski definition) is 0. The van der Waals surface area contributed by atoms with Crippen LogP contribution in [0.25, 0.3) is 33.1 Å². The van der Waals surface area contributed by atoms with Gasteiger partial charge in [0.2, 0.25) is 0 Å². The Kier molecular flexibility index (Phi) is 7.04. The van der Waals surface area contributed by atoms with Crippen LogP contribution in [-0.4, -0.2) is 10.6 Å². The summed E-state index contributed by atoms with van der Waals surface area (Å²) in [6, 6.07) is 36.5. The van der Waals surface area contributed by atoms with Gasteiger partial charge in [-0.05, 0) is 132 Å². The predicted octanol–water partition coefficient (Wildman–Crippen LogP) is 13.4. The largest absolute Gasteiger partial charge is 0.337 e. The van der Waals surface area contributed by atoms with Crippen LogP contribution >= 0.6 is 0 Å². The average molecular weight is 711 g/mol. The van der Waals surface area contributed by atoms with E-state index >= 15 is 0 Å². The van der Waals surface area contributed by atoms with Gasteiger partial charge in [0.15, 0.2) is 0 Å². The maximum Gasteiger partial charge on any atom is 0.0626 e. The van der Waals surface area contributed by atoms with E-state index in [1.54, 1.807) is 27.9 Å². The zero-order valence-corrected chi connectivity index (χ0v) is 31.4. The van der Waals surface area contributed by atoms with Crippen molar-refractivity contribution in [2.45, 2.75) is 69.7 Å². The molecule has 12 rings (SSSR count). The fraction of sp³-hybridized carbons (Fsp3) is 0.245. The van der Waals surface area contributed by atoms with Crippen LogP contribution < -0.4 is 4.90 Å². The molecule has 1 aliphatic heterocycles. The van der Waals surface area contributed by atoms with Crippen LogP contribution in [0.4, 0.5) is 5.69 Å². The lowest BCUT2D eigenvalue weighted by atomic mass is 9.67. The average Bonchev–Trinajstić information content (AvgIpc) is 4.02. The van der Waals surface area contributed by atoms with Crippen molar-refractivity contribution in [3.63, 3.8) is 0 Å². The molecular formula is C53H46N2. The van der Waals surface area contributed by atoms with Gasteiger partial charge in [-0.2, -0.15) is 0 Å². The first-order chi connectivity index (χ1) is 27.2. The summed E-state index contributed by atoms with van der Waals surface area (Å²) in [4.78, 5) is 2.63. The summed E-state index contributed by atoms with van der Waals surface area (Å²) in [5, 5.41) is 2.63. The predicted molar refractivity (Wildman–Crippen MR) is 229 cm³/mol. The van der Waals surface area contributed by atoms with Gasteiger partial charge in [0, 0.05) is 39.2 Å². The van der Waals surface area contributed by atoms with Crippen LogP contribution in [0.2, 0.25) is 0 Å². The SMILES string of the molecule is C1=CC2c3ccccc3N(C3=CC=C(C4=CC5=C(CC4)C4=CC=C(c6ccc(-n7c8ccccc8c8ccccc87)cc6)C[C@@H]4C54CCCC4)CC3)C2C=C1. The molecule has 2 heteroatoms. The maximum absolute atomic E-state index is 2.71. The summed E-state index contributed by atoms with van der Waals surface area (Å²) < 4.78 is 2.43. The van der Waals surface area contributed by atoms with Crippen LogP contribution in [0.3, 0.4) is 0 Å². The molecule has 6 aliphatic carbocycles. The van der Waals surface area contributed by atoms with Gasteiger partial charge in [-0.25, -0.2) is 0 Å². The summed E-state index contributed by atoms with van der Waals surface area (Å²) in [5.74, 6) is 1.04. The summed E-state index contributed by atoms with van der Waals surface area (Å²) in [6.07, 6.45) is 33.0. The lowest BCUT2D eigenvalue weighted by molar-refractivity contribution is 0.280. The van der Waals surface area contributed by atoms with Gasteiger partial charge in [0.25, 0.3) is 0 Å². The number of nitrogens with zero attached hydrogens (tertiary/aromatic N) is 2. The van der Waals surface area contributed by atoms with E-state index in [-0.39, 0.29) is 0 Å². The molecule has 55 heavy (non-hydrogen) atoms. The highest BCUT2D eigenvalue weighted by molar-refractivity contribution is 6.09. The van der Waals surface area contributed by atoms with E-state index in [0.717, 1.165) is 19.3 Å². The molecular weight excluding hydrogens is 665 g/mol. The molecule has 0 bridgehead atoms. The Labute approximate surface area is 324 Å². The Balaban J connectivity index is 0.848. The molecule has 1 aromatic heterocycles. The number of hydrogen-bond acceptors (Lipinski definition) is 1. The fourth-order valence-electron chi connectivity index (χ4n) is 12.0. The standard InChI is InChI=1S/C53H46N2/c1-5-15-49-43(11-1)44-12-2-6-16-50(44)54(49)39-25-19-35(20-26-39)37-23-29-41-42-30-24-38(34-48(42)53(47(41)33-37)31-9-10-32-53)36-21-27-40(28-22-36)55-51-17-7-3-13-45(51)46-14-4-8-18-52(46)55/h1-8,11-21,23,25-27,29,34,45,47,51H,9-10,22,24,28,30-33H2/t45?,47-,51?/m0/s1. The number of fused-ring (bicyclic) bond motifs is 10. The first-order valence-electron chi connectivity index (χ1n) is 20.8. The van der Waals surface area contributed by atoms with Crippen molar-refractivity contribution in [2.24, 2.45) is 11.3 Å². The monoisotopic (exact) mass is 710 g/mol. The van der Waals surface area contributed by atoms with Crippen molar-refractivity contribution < 1.29 is 0 Å². The van der Waals surface area contributed by atoms with Crippen LogP contribution in [0.1, 0.15) is 74.8 Å². The smallest absolute Gasteiger partial charge is 0.0626 e. The van der Waals surface area contributed by atoms with Gasteiger partial charge in [0.05, 0.1) is 17.1 Å². The van der Waals surface area contributed by atoms with Gasteiger partial charge in [-0.15, -0.1) is 0 Å². The highest BCUT2D eigenvalue weighted by Gasteiger charge is 2.52. The zero-order chi connectivity index (χ0) is 36.1. The summed E-state index contributed by atoms with van der Waals surface area (Å²) >= 11 is 0. The molecule has 1 spiro atoms. The lowest BCUT2D eigenvalue weighted by Crippen LogP contribution is -2.32. The molecule has 1 fully saturated rings. The first kappa shape index (κ1) is 31.7. The number of para-hydroxylation sites is 3. The van der Waals surface area contributed by atoms with Crippen molar-refractivity contribution in [3.8, 4) is 5.69 Å². The molecule has 0 saturated heterocycles. The zero-order valence-electron chi connectivity index (χ0n) is 31.4. The second-order valence-corrected chi connectivity index (χ2v) is 17.0. The number of rotatable bonds is 4. The number of benzene rings is 4. The number of anilines is 1. The van der Waals surface area contributed by atoms with E-state index in [0.29, 0.717) is 23.3 Å². The normalized spacial score (nSPS) is 24.7. The third-order valence-corrected chi connectivity index (χ3v) is 14.5. The van der Waals surface area contributed by atoms with E-state index in [1.807, 2.05) is 0 Å². The van der Waals surface area contributed by atoms with Gasteiger partial charge >= 0.3 is 0 Å². The molecule has 0 N–H and O–H groups in total. The maximum atomic E-state index is 2.71. The quantitative estimate of drug-likeness (QED) is 0.180. The van der Waals surface area contributed by atoms with Gasteiger partial charge in [-0.1, -0.05) is 128 Å². The minimum atomic E-state index is 0.292. The molecule has 0 amide bonds. The highest BCUT2D eigenvalue weighted by atomic mass is 15.2. The van der Waals surface area contributed by atoms with Crippen LogP contribution in [0.5, 0.6) is 0 Å². The topological polar surface area (TPSA) is 8.17 Å². The lowest BCUT2D eigenvalue weighted by Gasteiger charge is -2.37. The minimum Gasteiger partial charge on any atom is -0.337 e. The Bertz CT molecular complexity index is 2640. The van der Waals surface area contributed by atoms with Crippen molar-refractivity contribution >= 4 is 33.1 Å². The van der Waals surface area contributed by atoms with Gasteiger partial charge < -0.3 is 9.47 Å². The third kappa shape index (κ3) is 4.67. The van der Waals surface area contributed by atoms with Crippen molar-refractivity contribution in [2.75, 3.05) is 4.90 Å². The Morgan fingerprint density at radius 2 is 1.31 bits per heavy atom. The Morgan fingerprint density at radius 3 is 2.09 bits per heavy atom. The Morgan fingerprint density at radius 1 is 0.600 bits per heavy atom. The Hall–Kier alpha value is -5.60. The fourth-order valence-corrected chi connectivity index (χ4v) is 12.0. The first-order valence-corrected chi connectivity index (χ1v) is 20.8. The van der Waals surface area contributed by atoms with Gasteiger partial charge in [-0.3, -0.25) is 0 Å². The molecule has 3 atom stereocenters. The summed E-state index contributed by atoms with van der Waals surface area (Å²) in [5.41, 5.74) is 19.5. The van der Waals surface area contributed by atoms with Crippen molar-refractivity contribution in [1.29, 1.82) is 0 Å². The van der Waals surface area contributed by atoms with Crippen LogP contribution in [0, 0.1) is 11.3 Å². The molecule has 0 radical (unpaired) electrons. The molecule has 7 aliphatic rings. The highest BCUT2D eigenvalue weighted by Crippen LogP contribution is 2.65. The van der Waals surface area contributed by atoms with Crippen LogP contribution in [-0.2, 0) is 0 Å². The summed E-state index contributed by atoms with van der Waals surface area (Å²) in [6.45, 7) is 0. The second-order valence-electron chi connectivity index (χ2n) is 17.0. The van der Waals surface area contributed by atoms with E-state index in [9.17, 15) is 0 Å². The van der Waals surface area contributed by atoms with Crippen molar-refractivity contribution in [1.82, 2.24) is 4.57 Å². The van der Waals surface area contributed by atoms with Crippen molar-refractivity contribution in [3.05, 3.63) is 196 Å². The third-order valence-electron chi connectivity index (χ3n) is 14.5. The molecule has 1 saturated carbocycles. The molecule has 5 aromatic rings. The molecule has 2 nitrogen and oxygen atoms in total. The van der Waals surface area contributed by atoms with E-state index < -0.39 is 0 Å². The number of aromatic nitrogens is 1. The molecule has 2 heterocycles. The van der Waals surface area contributed by atoms with E-state index in [4.69, 9.17) is 0 Å². The van der Waals surface area contributed by atoms with Gasteiger partial charge in [0.1, 0.15) is 0 Å². The molecule has 4 aromatic carbocycles. The second kappa shape index (κ2) is 12.2. The molecule has 2 unspecified atom stereocenters. The summed E-state index contributed by atoms with van der Waals surface area (Å²) in [7, 11) is 0. The minimum absolute atomic E-state index is 0.292. The van der Waals surface area contributed by atoms with E-state index in [1.165, 1.54) is 94.1 Å².